The summed E-state index contributed by atoms with van der Waals surface area (Å²) in [5.41, 5.74) is 2.02. The Hall–Kier alpha value is -3.56. The number of ether oxygens (including phenoxy) is 3. The zero-order valence-corrected chi connectivity index (χ0v) is 16.2. The Morgan fingerprint density at radius 3 is 2.43 bits per heavy atom. The highest BCUT2D eigenvalue weighted by Crippen LogP contribution is 2.31. The van der Waals surface area contributed by atoms with Gasteiger partial charge in [0.15, 0.2) is 11.5 Å². The fourth-order valence-corrected chi connectivity index (χ4v) is 3.12. The van der Waals surface area contributed by atoms with Gasteiger partial charge in [0.05, 0.1) is 25.9 Å². The molecule has 0 unspecified atom stereocenters. The zero-order valence-electron chi connectivity index (χ0n) is 15.3. The summed E-state index contributed by atoms with van der Waals surface area (Å²) in [5, 5.41) is 11.3. The molecular weight excluding hydrogens is 374 g/mol. The van der Waals surface area contributed by atoms with Crippen LogP contribution in [0.1, 0.15) is 20.8 Å². The van der Waals surface area contributed by atoms with Crippen LogP contribution in [0.5, 0.6) is 17.2 Å². The largest absolute Gasteiger partial charge is 0.497 e. The number of benzene rings is 2. The fourth-order valence-electron chi connectivity index (χ4n) is 2.52. The van der Waals surface area contributed by atoms with Gasteiger partial charge in [-0.1, -0.05) is 12.1 Å². The van der Waals surface area contributed by atoms with Crippen molar-refractivity contribution in [3.8, 4) is 23.3 Å². The van der Waals surface area contributed by atoms with E-state index >= 15 is 0 Å². The van der Waals surface area contributed by atoms with Crippen LogP contribution in [0.4, 0.5) is 0 Å². The Balaban J connectivity index is 1.86. The lowest BCUT2D eigenvalue weighted by molar-refractivity contribution is 0.0735. The van der Waals surface area contributed by atoms with Gasteiger partial charge in [0.2, 0.25) is 0 Å². The van der Waals surface area contributed by atoms with Crippen molar-refractivity contribution in [1.82, 2.24) is 0 Å². The van der Waals surface area contributed by atoms with E-state index in [1.165, 1.54) is 18.4 Å². The molecule has 1 heterocycles. The highest BCUT2D eigenvalue weighted by molar-refractivity contribution is 7.12. The molecule has 0 amide bonds. The highest BCUT2D eigenvalue weighted by Gasteiger charge is 2.13. The minimum absolute atomic E-state index is 0.320. The molecule has 6 heteroatoms. The van der Waals surface area contributed by atoms with Crippen LogP contribution in [-0.2, 0) is 0 Å². The third-order valence-electron chi connectivity index (χ3n) is 3.95. The topological polar surface area (TPSA) is 68.5 Å². The molecule has 5 nitrogen and oxygen atoms in total. The smallest absolute Gasteiger partial charge is 0.353 e. The van der Waals surface area contributed by atoms with E-state index in [-0.39, 0.29) is 0 Å². The summed E-state index contributed by atoms with van der Waals surface area (Å²) in [4.78, 5) is 12.7. The lowest BCUT2D eigenvalue weighted by Crippen LogP contribution is -2.07. The molecule has 0 atom stereocenters. The van der Waals surface area contributed by atoms with Gasteiger partial charge in [0, 0.05) is 0 Å². The van der Waals surface area contributed by atoms with Gasteiger partial charge in [-0.3, -0.25) is 0 Å². The molecule has 0 spiro atoms. The first-order chi connectivity index (χ1) is 13.6. The number of allylic oxidation sites excluding steroid dienone is 1. The molecule has 1 aromatic heterocycles. The van der Waals surface area contributed by atoms with Crippen LogP contribution in [0.2, 0.25) is 0 Å². The molecular formula is C22H17NO4S. The van der Waals surface area contributed by atoms with Crippen LogP contribution in [-0.4, -0.2) is 20.2 Å². The quantitative estimate of drug-likeness (QED) is 0.255. The van der Waals surface area contributed by atoms with E-state index in [9.17, 15) is 10.1 Å². The molecule has 140 valence electrons. The standard InChI is InChI=1S/C22H17NO4S/c1-25-18-8-6-16(7-9-18)17(14-23)12-15-5-10-19(20(13-15)26-2)27-22(24)21-4-3-11-28-21/h3-13H,1-2H3/b17-12-. The summed E-state index contributed by atoms with van der Waals surface area (Å²) in [6.07, 6.45) is 1.75. The summed E-state index contributed by atoms with van der Waals surface area (Å²) in [6, 6.07) is 18.1. The lowest BCUT2D eigenvalue weighted by Gasteiger charge is -2.10. The summed E-state index contributed by atoms with van der Waals surface area (Å²) < 4.78 is 15.9. The molecule has 0 aliphatic heterocycles. The van der Waals surface area contributed by atoms with Crippen LogP contribution < -0.4 is 14.2 Å². The maximum absolute atomic E-state index is 12.2. The second-order valence-electron chi connectivity index (χ2n) is 5.68. The Morgan fingerprint density at radius 1 is 1.04 bits per heavy atom. The molecule has 0 aliphatic rings. The van der Waals surface area contributed by atoms with Gasteiger partial charge < -0.3 is 14.2 Å². The Labute approximate surface area is 167 Å². The number of nitriles is 1. The van der Waals surface area contributed by atoms with Crippen molar-refractivity contribution in [2.75, 3.05) is 14.2 Å². The van der Waals surface area contributed by atoms with Gasteiger partial charge in [0.25, 0.3) is 0 Å². The number of hydrogen-bond donors (Lipinski definition) is 0. The first-order valence-corrected chi connectivity index (χ1v) is 9.22. The van der Waals surface area contributed by atoms with Crippen LogP contribution in [0, 0.1) is 11.3 Å². The lowest BCUT2D eigenvalue weighted by atomic mass is 10.0. The Kier molecular flexibility index (Phi) is 6.10. The van der Waals surface area contributed by atoms with Crippen LogP contribution >= 0.6 is 11.3 Å². The Morgan fingerprint density at radius 2 is 1.82 bits per heavy atom. The summed E-state index contributed by atoms with van der Waals surface area (Å²) >= 11 is 1.31. The van der Waals surface area contributed by atoms with Gasteiger partial charge >= 0.3 is 5.97 Å². The molecule has 0 radical (unpaired) electrons. The van der Waals surface area contributed by atoms with E-state index in [2.05, 4.69) is 6.07 Å². The fraction of sp³-hybridized carbons (Fsp3) is 0.0909. The summed E-state index contributed by atoms with van der Waals surface area (Å²) in [6.45, 7) is 0. The van der Waals surface area contributed by atoms with Crippen molar-refractivity contribution in [2.45, 2.75) is 0 Å². The van der Waals surface area contributed by atoms with E-state index in [1.807, 2.05) is 17.5 Å². The van der Waals surface area contributed by atoms with Crippen molar-refractivity contribution in [3.05, 3.63) is 76.0 Å². The van der Waals surface area contributed by atoms with Crippen molar-refractivity contribution >= 4 is 29.0 Å². The maximum atomic E-state index is 12.2. The molecule has 0 aliphatic carbocycles. The third kappa shape index (κ3) is 4.40. The van der Waals surface area contributed by atoms with E-state index in [4.69, 9.17) is 14.2 Å². The summed E-state index contributed by atoms with van der Waals surface area (Å²) in [7, 11) is 3.09. The SMILES string of the molecule is COc1ccc(/C(C#N)=C\c2ccc(OC(=O)c3cccs3)c(OC)c2)cc1. The number of hydrogen-bond acceptors (Lipinski definition) is 6. The number of esters is 1. The van der Waals surface area contributed by atoms with E-state index < -0.39 is 5.97 Å². The van der Waals surface area contributed by atoms with Crippen molar-refractivity contribution < 1.29 is 19.0 Å². The van der Waals surface area contributed by atoms with Crippen LogP contribution in [0.25, 0.3) is 11.6 Å². The van der Waals surface area contributed by atoms with Crippen molar-refractivity contribution in [2.24, 2.45) is 0 Å². The van der Waals surface area contributed by atoms with Gasteiger partial charge in [0.1, 0.15) is 10.6 Å². The zero-order chi connectivity index (χ0) is 19.9. The molecule has 0 bridgehead atoms. The van der Waals surface area contributed by atoms with E-state index in [0.29, 0.717) is 21.9 Å². The monoisotopic (exact) mass is 391 g/mol. The van der Waals surface area contributed by atoms with Crippen molar-refractivity contribution in [3.63, 3.8) is 0 Å². The molecule has 0 N–H and O–H groups in total. The molecule has 0 saturated heterocycles. The molecule has 0 fully saturated rings. The van der Waals surface area contributed by atoms with Gasteiger partial charge in [-0.15, -0.1) is 11.3 Å². The minimum Gasteiger partial charge on any atom is -0.497 e. The van der Waals surface area contributed by atoms with Crippen LogP contribution in [0.15, 0.2) is 60.0 Å². The van der Waals surface area contributed by atoms with Gasteiger partial charge in [-0.05, 0) is 65.0 Å². The van der Waals surface area contributed by atoms with Crippen LogP contribution in [0.3, 0.4) is 0 Å². The van der Waals surface area contributed by atoms with E-state index in [1.54, 1.807) is 55.7 Å². The minimum atomic E-state index is -0.437. The normalized spacial score (nSPS) is 10.8. The molecule has 3 aromatic rings. The first-order valence-electron chi connectivity index (χ1n) is 8.34. The molecule has 0 saturated carbocycles. The van der Waals surface area contributed by atoms with E-state index in [0.717, 1.165) is 16.9 Å². The third-order valence-corrected chi connectivity index (χ3v) is 4.80. The van der Waals surface area contributed by atoms with Gasteiger partial charge in [-0.2, -0.15) is 5.26 Å². The second kappa shape index (κ2) is 8.89. The average molecular weight is 391 g/mol. The first kappa shape index (κ1) is 19.2. The Bertz CT molecular complexity index is 1030. The van der Waals surface area contributed by atoms with Gasteiger partial charge in [-0.25, -0.2) is 4.79 Å². The maximum Gasteiger partial charge on any atom is 0.353 e. The predicted molar refractivity (Wildman–Crippen MR) is 109 cm³/mol. The second-order valence-corrected chi connectivity index (χ2v) is 6.62. The number of thiophene rings is 1. The number of nitrogens with zero attached hydrogens (tertiary/aromatic N) is 1. The number of carbonyl (C=O) groups excluding carboxylic acids is 1. The molecule has 3 rings (SSSR count). The predicted octanol–water partition coefficient (Wildman–Crippen LogP) is 5.05. The number of rotatable bonds is 6. The highest BCUT2D eigenvalue weighted by atomic mass is 32.1. The summed E-state index contributed by atoms with van der Waals surface area (Å²) in [5.74, 6) is 1.01. The van der Waals surface area contributed by atoms with Crippen molar-refractivity contribution in [1.29, 1.82) is 5.26 Å². The molecule has 2 aromatic carbocycles. The molecule has 28 heavy (non-hydrogen) atoms. The number of methoxy groups -OCH3 is 2. The average Bonchev–Trinajstić information content (AvgIpc) is 3.28. The number of carbonyl (C=O) groups is 1.